The molecule has 0 saturated heterocycles. The van der Waals surface area contributed by atoms with Crippen LogP contribution in [0.1, 0.15) is 167 Å². The van der Waals surface area contributed by atoms with Crippen molar-refractivity contribution in [3.05, 3.63) is 23.8 Å². The Hall–Kier alpha value is -2.24. The van der Waals surface area contributed by atoms with E-state index in [1.165, 1.54) is 147 Å². The van der Waals surface area contributed by atoms with Crippen molar-refractivity contribution in [2.75, 3.05) is 0 Å². The summed E-state index contributed by atoms with van der Waals surface area (Å²) in [7, 11) is 0. The Labute approximate surface area is 250 Å². The third-order valence-electron chi connectivity index (χ3n) is 8.12. The Morgan fingerprint density at radius 2 is 1.00 bits per heavy atom. The summed E-state index contributed by atoms with van der Waals surface area (Å²) in [6.07, 6.45) is 30.9. The number of rotatable bonds is 28. The molecule has 0 radical (unpaired) electrons. The van der Waals surface area contributed by atoms with E-state index in [4.69, 9.17) is 0 Å². The maximum Gasteiger partial charge on any atom is 0.326 e. The van der Waals surface area contributed by atoms with Gasteiger partial charge in [0.2, 0.25) is 5.91 Å². The van der Waals surface area contributed by atoms with Crippen molar-refractivity contribution in [3.8, 4) is 11.5 Å². The topological polar surface area (TPSA) is 107 Å². The molecule has 0 spiro atoms. The first-order valence-electron chi connectivity index (χ1n) is 17.0. The Balaban J connectivity index is 1.87. The molecule has 1 aromatic carbocycles. The van der Waals surface area contributed by atoms with Gasteiger partial charge in [-0.15, -0.1) is 0 Å². The molecule has 4 N–H and O–H groups in total. The Bertz CT molecular complexity index is 797. The predicted molar refractivity (Wildman–Crippen MR) is 170 cm³/mol. The van der Waals surface area contributed by atoms with Crippen molar-refractivity contribution >= 4 is 11.9 Å². The van der Waals surface area contributed by atoms with Crippen molar-refractivity contribution in [2.24, 2.45) is 0 Å². The van der Waals surface area contributed by atoms with Gasteiger partial charge in [-0.25, -0.2) is 4.79 Å². The van der Waals surface area contributed by atoms with Crippen LogP contribution in [-0.4, -0.2) is 33.2 Å². The van der Waals surface area contributed by atoms with Crippen LogP contribution in [0, 0.1) is 0 Å². The average molecular weight is 576 g/mol. The van der Waals surface area contributed by atoms with E-state index < -0.39 is 12.0 Å². The zero-order valence-corrected chi connectivity index (χ0v) is 26.1. The highest BCUT2D eigenvalue weighted by Crippen LogP contribution is 2.25. The minimum Gasteiger partial charge on any atom is -0.504 e. The number of aromatic hydroxyl groups is 2. The lowest BCUT2D eigenvalue weighted by Gasteiger charge is -2.15. The van der Waals surface area contributed by atoms with Crippen LogP contribution >= 0.6 is 0 Å². The molecular formula is C35H61NO5. The number of carbonyl (C=O) groups excluding carboxylic acids is 1. The van der Waals surface area contributed by atoms with Crippen LogP contribution < -0.4 is 5.32 Å². The number of hydrogen-bond acceptors (Lipinski definition) is 4. The van der Waals surface area contributed by atoms with Crippen LogP contribution in [0.5, 0.6) is 11.5 Å². The van der Waals surface area contributed by atoms with Gasteiger partial charge in [-0.05, 0) is 24.1 Å². The van der Waals surface area contributed by atoms with E-state index in [-0.39, 0.29) is 23.8 Å². The summed E-state index contributed by atoms with van der Waals surface area (Å²) < 4.78 is 0. The van der Waals surface area contributed by atoms with Gasteiger partial charge in [-0.2, -0.15) is 0 Å². The highest BCUT2D eigenvalue weighted by molar-refractivity contribution is 5.83. The van der Waals surface area contributed by atoms with Gasteiger partial charge in [0.1, 0.15) is 6.04 Å². The Morgan fingerprint density at radius 1 is 0.610 bits per heavy atom. The summed E-state index contributed by atoms with van der Waals surface area (Å²) in [6.45, 7) is 2.28. The number of phenols is 2. The average Bonchev–Trinajstić information content (AvgIpc) is 2.95. The highest BCUT2D eigenvalue weighted by Gasteiger charge is 2.20. The summed E-state index contributed by atoms with van der Waals surface area (Å²) in [4.78, 5) is 23.8. The Kier molecular flexibility index (Phi) is 22.9. The number of phenolic OH excluding ortho intramolecular Hbond substituents is 2. The van der Waals surface area contributed by atoms with Crippen molar-refractivity contribution < 1.29 is 24.9 Å². The fourth-order valence-corrected chi connectivity index (χ4v) is 5.47. The molecule has 41 heavy (non-hydrogen) atoms. The van der Waals surface area contributed by atoms with E-state index in [0.717, 1.165) is 19.3 Å². The second-order valence-electron chi connectivity index (χ2n) is 12.0. The molecule has 6 nitrogen and oxygen atoms in total. The van der Waals surface area contributed by atoms with Gasteiger partial charge in [0.05, 0.1) is 0 Å². The molecule has 0 unspecified atom stereocenters. The van der Waals surface area contributed by atoms with E-state index in [9.17, 15) is 24.9 Å². The van der Waals surface area contributed by atoms with Crippen molar-refractivity contribution in [2.45, 2.75) is 173 Å². The number of benzene rings is 1. The summed E-state index contributed by atoms with van der Waals surface area (Å²) in [5, 5.41) is 31.0. The zero-order valence-electron chi connectivity index (χ0n) is 26.1. The maximum absolute atomic E-state index is 12.2. The number of amides is 1. The molecular weight excluding hydrogens is 514 g/mol. The molecule has 1 atom stereocenters. The van der Waals surface area contributed by atoms with Crippen molar-refractivity contribution in [3.63, 3.8) is 0 Å². The predicted octanol–water partition coefficient (Wildman–Crippen LogP) is 9.59. The molecule has 0 aromatic heterocycles. The first-order chi connectivity index (χ1) is 19.9. The molecule has 1 rings (SSSR count). The largest absolute Gasteiger partial charge is 0.504 e. The standard InChI is InChI=1S/C35H61NO5/c1-2-3-4-5-6-7-8-9-10-11-12-13-14-15-16-17-18-19-20-21-22-23-24-25-34(39)36-31(35(40)41)28-30-26-27-32(37)33(38)29-30/h26-27,29,31,37-38H,2-25,28H2,1H3,(H,36,39)(H,40,41)/t31-/m0/s1. The number of unbranched alkanes of at least 4 members (excludes halogenated alkanes) is 22. The summed E-state index contributed by atoms with van der Waals surface area (Å²) in [5.41, 5.74) is 0.535. The lowest BCUT2D eigenvalue weighted by molar-refractivity contribution is -0.141. The number of carboxylic acids is 1. The minimum atomic E-state index is -1.12. The van der Waals surface area contributed by atoms with Gasteiger partial charge in [-0.1, -0.05) is 154 Å². The van der Waals surface area contributed by atoms with Gasteiger partial charge in [0, 0.05) is 12.8 Å². The van der Waals surface area contributed by atoms with Crippen LogP contribution in [-0.2, 0) is 16.0 Å². The number of nitrogens with one attached hydrogen (secondary N) is 1. The van der Waals surface area contributed by atoms with E-state index >= 15 is 0 Å². The van der Waals surface area contributed by atoms with E-state index in [1.54, 1.807) is 0 Å². The lowest BCUT2D eigenvalue weighted by atomic mass is 10.0. The van der Waals surface area contributed by atoms with Gasteiger partial charge >= 0.3 is 5.97 Å². The summed E-state index contributed by atoms with van der Waals surface area (Å²) in [5.74, 6) is -1.94. The van der Waals surface area contributed by atoms with Gasteiger partial charge in [0.15, 0.2) is 11.5 Å². The normalized spacial score (nSPS) is 11.9. The molecule has 0 aliphatic carbocycles. The molecule has 0 aliphatic rings. The molecule has 0 heterocycles. The van der Waals surface area contributed by atoms with Crippen LogP contribution in [0.4, 0.5) is 0 Å². The first kappa shape index (κ1) is 36.8. The fraction of sp³-hybridized carbons (Fsp3) is 0.771. The second kappa shape index (κ2) is 25.5. The SMILES string of the molecule is CCCCCCCCCCCCCCCCCCCCCCCCCC(=O)N[C@@H](Cc1ccc(O)c(O)c1)C(=O)O. The summed E-state index contributed by atoms with van der Waals surface area (Å²) >= 11 is 0. The van der Waals surface area contributed by atoms with Crippen LogP contribution in [0.3, 0.4) is 0 Å². The monoisotopic (exact) mass is 575 g/mol. The molecule has 0 bridgehead atoms. The molecule has 1 aromatic rings. The van der Waals surface area contributed by atoms with Crippen molar-refractivity contribution in [1.29, 1.82) is 0 Å². The van der Waals surface area contributed by atoms with Gasteiger partial charge in [-0.3, -0.25) is 4.79 Å². The van der Waals surface area contributed by atoms with Crippen LogP contribution in [0.2, 0.25) is 0 Å². The van der Waals surface area contributed by atoms with Crippen molar-refractivity contribution in [1.82, 2.24) is 5.32 Å². The molecule has 0 aliphatic heterocycles. The van der Waals surface area contributed by atoms with Gasteiger partial charge < -0.3 is 20.6 Å². The quantitative estimate of drug-likeness (QED) is 0.0588. The third kappa shape index (κ3) is 21.2. The minimum absolute atomic E-state index is 0.0499. The maximum atomic E-state index is 12.2. The number of carboxylic acid groups (broad SMARTS) is 1. The Morgan fingerprint density at radius 3 is 1.37 bits per heavy atom. The first-order valence-corrected chi connectivity index (χ1v) is 17.0. The highest BCUT2D eigenvalue weighted by atomic mass is 16.4. The number of carbonyl (C=O) groups is 2. The molecule has 1 amide bonds. The van der Waals surface area contributed by atoms with Gasteiger partial charge in [0.25, 0.3) is 0 Å². The van der Waals surface area contributed by atoms with E-state index in [2.05, 4.69) is 12.2 Å². The second-order valence-corrected chi connectivity index (χ2v) is 12.0. The van der Waals surface area contributed by atoms with E-state index in [1.807, 2.05) is 0 Å². The van der Waals surface area contributed by atoms with Crippen LogP contribution in [0.15, 0.2) is 18.2 Å². The summed E-state index contributed by atoms with van der Waals surface area (Å²) in [6, 6.07) is 3.11. The fourth-order valence-electron chi connectivity index (χ4n) is 5.47. The van der Waals surface area contributed by atoms with E-state index in [0.29, 0.717) is 12.0 Å². The molecule has 236 valence electrons. The third-order valence-corrected chi connectivity index (χ3v) is 8.12. The lowest BCUT2D eigenvalue weighted by Crippen LogP contribution is -2.42. The number of aliphatic carboxylic acids is 1. The smallest absolute Gasteiger partial charge is 0.326 e. The molecule has 0 saturated carbocycles. The zero-order chi connectivity index (χ0) is 30.0. The molecule has 0 fully saturated rings. The van der Waals surface area contributed by atoms with Crippen LogP contribution in [0.25, 0.3) is 0 Å². The molecule has 6 heteroatoms. The number of hydrogen-bond donors (Lipinski definition) is 4.